The van der Waals surface area contributed by atoms with Crippen molar-refractivity contribution < 1.29 is 171 Å². The van der Waals surface area contributed by atoms with Crippen molar-refractivity contribution in [2.24, 2.45) is 5.11 Å². The lowest BCUT2D eigenvalue weighted by atomic mass is 9.83. The highest BCUT2D eigenvalue weighted by Gasteiger charge is 2.56. The van der Waals surface area contributed by atoms with Gasteiger partial charge in [0, 0.05) is 139 Å². The largest absolute Gasteiger partial charge is 0.463 e. The van der Waals surface area contributed by atoms with E-state index in [1.807, 2.05) is 0 Å². The molecule has 4 amide bonds. The van der Waals surface area contributed by atoms with Crippen LogP contribution in [0.3, 0.4) is 0 Å². The number of amides is 4. The SMILES string of the molecule is CC(=O)OC[C@H]1O[C@H](OCCNC(=O)CCC(CCC(=O)NCCO[C@H]2O[C@H](COC(C)=O)[C@@H](OC(C)=O)[C@H](OC(C)=O)[C@@H]2OC(C)=O)(CCC(=O)NCCO[C@H]2O[C@H](COC(C)=O)[C@@H](OC(C)=O)[C@H](OC(C)=O)[C@@H]2OC(C)=O)NC(=O)COCCOCCN=[N+]=[N-])[C@@H](OC(C)=O)[C@@H](OC(C)=O)[C@@H]1OC(C)=O. The minimum Gasteiger partial charge on any atom is -0.463 e. The van der Waals surface area contributed by atoms with Gasteiger partial charge in [-0.15, -0.1) is 0 Å². The van der Waals surface area contributed by atoms with Crippen molar-refractivity contribution in [1.82, 2.24) is 21.3 Å². The van der Waals surface area contributed by atoms with E-state index in [1.54, 1.807) is 0 Å². The predicted molar refractivity (Wildman–Crippen MR) is 347 cm³/mol. The summed E-state index contributed by atoms with van der Waals surface area (Å²) in [6.45, 7) is 7.51. The summed E-state index contributed by atoms with van der Waals surface area (Å²) >= 11 is 0. The minimum atomic E-state index is -1.70. The molecule has 0 aliphatic carbocycles. The van der Waals surface area contributed by atoms with Crippen molar-refractivity contribution in [3.05, 3.63) is 10.4 Å². The van der Waals surface area contributed by atoms with Gasteiger partial charge in [-0.2, -0.15) is 0 Å². The fraction of sp³-hybridized carbons (Fsp3) is 0.750. The average Bonchev–Trinajstić information content (AvgIpc) is 0.799. The fourth-order valence-electron chi connectivity index (χ4n) is 10.8. The van der Waals surface area contributed by atoms with Crippen molar-refractivity contribution in [2.45, 2.75) is 219 Å². The molecule has 15 atom stereocenters. The van der Waals surface area contributed by atoms with Gasteiger partial charge in [0.05, 0.1) is 39.6 Å². The van der Waals surface area contributed by atoms with Crippen LogP contribution in [0, 0.1) is 0 Å². The van der Waals surface area contributed by atoms with E-state index in [9.17, 15) is 76.7 Å². The maximum absolute atomic E-state index is 14.0. The second-order valence-electron chi connectivity index (χ2n) is 23.8. The topological polar surface area (TPSA) is 555 Å². The first-order valence-electron chi connectivity index (χ1n) is 33.6. The zero-order valence-corrected chi connectivity index (χ0v) is 61.3. The fourth-order valence-corrected chi connectivity index (χ4v) is 10.8. The molecular formula is C64H95N7O36. The average molecular weight is 1540 g/mol. The molecular weight excluding hydrogens is 1440 g/mol. The molecule has 602 valence electrons. The summed E-state index contributed by atoms with van der Waals surface area (Å²) in [4.78, 5) is 206. The van der Waals surface area contributed by atoms with Crippen molar-refractivity contribution in [2.75, 3.05) is 92.2 Å². The Morgan fingerprint density at radius 3 is 0.888 bits per heavy atom. The molecule has 43 nitrogen and oxygen atoms in total. The highest BCUT2D eigenvalue weighted by atomic mass is 16.8. The van der Waals surface area contributed by atoms with Crippen LogP contribution in [0.1, 0.15) is 122 Å². The van der Waals surface area contributed by atoms with Crippen LogP contribution in [-0.4, -0.2) is 285 Å². The molecule has 0 spiro atoms. The number of nitrogens with zero attached hydrogens (tertiary/aromatic N) is 3. The van der Waals surface area contributed by atoms with E-state index in [0.29, 0.717) is 0 Å². The minimum absolute atomic E-state index is 0.00549. The first kappa shape index (κ1) is 91.7. The first-order chi connectivity index (χ1) is 50.5. The van der Waals surface area contributed by atoms with E-state index in [1.165, 1.54) is 0 Å². The third-order valence-electron chi connectivity index (χ3n) is 14.9. The summed E-state index contributed by atoms with van der Waals surface area (Å²) in [6, 6.07) is 0. The molecule has 0 bridgehead atoms. The molecule has 107 heavy (non-hydrogen) atoms. The Hall–Kier alpha value is -9.49. The summed E-state index contributed by atoms with van der Waals surface area (Å²) in [5.74, 6) is -13.5. The molecule has 0 unspecified atom stereocenters. The number of nitrogens with one attached hydrogen (secondary N) is 4. The summed E-state index contributed by atoms with van der Waals surface area (Å²) in [7, 11) is 0. The number of hydrogen-bond acceptors (Lipinski definition) is 37. The lowest BCUT2D eigenvalue weighted by molar-refractivity contribution is -0.307. The number of hydrogen-bond donors (Lipinski definition) is 4. The maximum Gasteiger partial charge on any atom is 0.303 e. The first-order valence-corrected chi connectivity index (χ1v) is 33.6. The Balaban J connectivity index is 2.02. The van der Waals surface area contributed by atoms with Crippen molar-refractivity contribution in [3.8, 4) is 0 Å². The van der Waals surface area contributed by atoms with Gasteiger partial charge in [0.2, 0.25) is 23.6 Å². The zero-order valence-electron chi connectivity index (χ0n) is 61.3. The Morgan fingerprint density at radius 1 is 0.346 bits per heavy atom. The highest BCUT2D eigenvalue weighted by molar-refractivity contribution is 5.81. The van der Waals surface area contributed by atoms with Gasteiger partial charge in [0.15, 0.2) is 73.8 Å². The second kappa shape index (κ2) is 47.9. The Bertz CT molecular complexity index is 2820. The number of rotatable bonds is 45. The molecule has 3 fully saturated rings. The summed E-state index contributed by atoms with van der Waals surface area (Å²) in [6.07, 6.45) is -25.6. The standard InChI is InChI=1S/C64H95N7O36/c1-33(72)93-29-45-52(96-36(4)75)55(99-39(7)78)58(102-42(10)81)61(105-45)90-24-19-66-48(84)13-16-64(70-51(87)32-89-28-27-88-23-22-69-71-65,17-14-49(85)67-20-25-91-62-59(103-43(11)82)56(100-40(8)79)53(97-37(5)76)46(106-62)30-94-34(2)73)18-15-50(86)68-21-26-92-63-60(104-44(12)83)57(101-41(9)80)54(98-38(6)77)47(107-63)31-95-35(3)74/h45-47,52-63H,13-32H2,1-12H3,(H,66,84)(H,67,85)(H,68,86)(H,70,87)/t45-,46-,47-,52-,53-,54-,55+,56+,57+,58+,59+,60+,61+,62+,63+/m1/s1. The number of ether oxygens (including phenoxy) is 20. The Morgan fingerprint density at radius 2 is 0.617 bits per heavy atom. The van der Waals surface area contributed by atoms with E-state index >= 15 is 0 Å². The molecule has 4 N–H and O–H groups in total. The van der Waals surface area contributed by atoms with Crippen LogP contribution >= 0.6 is 0 Å². The van der Waals surface area contributed by atoms with Gasteiger partial charge in [-0.25, -0.2) is 0 Å². The van der Waals surface area contributed by atoms with Gasteiger partial charge < -0.3 is 116 Å². The van der Waals surface area contributed by atoms with Crippen LogP contribution in [0.2, 0.25) is 0 Å². The van der Waals surface area contributed by atoms with Crippen LogP contribution < -0.4 is 21.3 Å². The third kappa shape index (κ3) is 35.6. The quantitative estimate of drug-likeness (QED) is 0.0130. The van der Waals surface area contributed by atoms with E-state index in [2.05, 4.69) is 31.3 Å². The van der Waals surface area contributed by atoms with Gasteiger partial charge in [-0.3, -0.25) is 76.7 Å². The summed E-state index contributed by atoms with van der Waals surface area (Å²) < 4.78 is 111. The highest BCUT2D eigenvalue weighted by Crippen LogP contribution is 2.34. The van der Waals surface area contributed by atoms with Gasteiger partial charge in [-0.1, -0.05) is 5.11 Å². The molecule has 3 aliphatic rings. The van der Waals surface area contributed by atoms with Gasteiger partial charge in [0.25, 0.3) is 0 Å². The number of esters is 12. The van der Waals surface area contributed by atoms with Crippen LogP contribution in [0.5, 0.6) is 0 Å². The normalized spacial score (nSPS) is 23.7. The molecule has 3 aliphatic heterocycles. The Labute approximate surface area is 613 Å². The monoisotopic (exact) mass is 1540 g/mol. The van der Waals surface area contributed by atoms with Crippen molar-refractivity contribution in [3.63, 3.8) is 0 Å². The van der Waals surface area contributed by atoms with E-state index in [-0.39, 0.29) is 65.3 Å². The predicted octanol–water partition coefficient (Wildman–Crippen LogP) is -1.83. The molecule has 3 rings (SSSR count). The lowest BCUT2D eigenvalue weighted by Crippen LogP contribution is -2.63. The molecule has 3 heterocycles. The molecule has 0 aromatic heterocycles. The zero-order chi connectivity index (χ0) is 79.9. The number of carbonyl (C=O) groups excluding carboxylic acids is 16. The molecule has 0 aromatic carbocycles. The van der Waals surface area contributed by atoms with Crippen molar-refractivity contribution >= 4 is 95.3 Å². The molecule has 43 heteroatoms. The van der Waals surface area contributed by atoms with Crippen LogP contribution in [0.15, 0.2) is 5.11 Å². The summed E-state index contributed by atoms with van der Waals surface area (Å²) in [5.41, 5.74) is 6.90. The van der Waals surface area contributed by atoms with Gasteiger partial charge in [0.1, 0.15) is 44.7 Å². The molecule has 0 radical (unpaired) electrons. The smallest absolute Gasteiger partial charge is 0.303 e. The maximum atomic E-state index is 14.0. The Kier molecular flexibility index (Phi) is 41.1. The van der Waals surface area contributed by atoms with E-state index < -0.39 is 258 Å². The third-order valence-corrected chi connectivity index (χ3v) is 14.9. The molecule has 0 saturated carbocycles. The van der Waals surface area contributed by atoms with Crippen LogP contribution in [-0.2, 0) is 171 Å². The van der Waals surface area contributed by atoms with Gasteiger partial charge >= 0.3 is 71.6 Å². The van der Waals surface area contributed by atoms with Crippen LogP contribution in [0.25, 0.3) is 10.4 Å². The van der Waals surface area contributed by atoms with E-state index in [0.717, 1.165) is 83.1 Å². The molecule has 0 aromatic rings. The summed E-state index contributed by atoms with van der Waals surface area (Å²) in [5, 5.41) is 14.1. The van der Waals surface area contributed by atoms with Crippen molar-refractivity contribution in [1.29, 1.82) is 0 Å². The lowest BCUT2D eigenvalue weighted by Gasteiger charge is -2.44. The number of carbonyl (C=O) groups is 16. The van der Waals surface area contributed by atoms with Gasteiger partial charge in [-0.05, 0) is 24.8 Å². The number of azide groups is 1. The van der Waals surface area contributed by atoms with E-state index in [4.69, 9.17) is 100 Å². The molecule has 3 saturated heterocycles. The second-order valence-corrected chi connectivity index (χ2v) is 23.8. The van der Waals surface area contributed by atoms with Crippen LogP contribution in [0.4, 0.5) is 0 Å².